The van der Waals surface area contributed by atoms with Gasteiger partial charge in [0.25, 0.3) is 0 Å². The molecule has 0 spiro atoms. The average Bonchev–Trinajstić information content (AvgIpc) is 2.24. The number of carbonyl (C=O) groups is 3. The third-order valence-electron chi connectivity index (χ3n) is 2.06. The second-order valence-electron chi connectivity index (χ2n) is 4.10. The molecule has 0 aromatic carbocycles. The largest absolute Gasteiger partial charge is 0.481 e. The fourth-order valence-corrected chi connectivity index (χ4v) is 1.76. The predicted octanol–water partition coefficient (Wildman–Crippen LogP) is 0.952. The second-order valence-corrected chi connectivity index (χ2v) is 5.67. The molecule has 1 atom stereocenters. The fraction of sp³-hybridized carbons (Fsp3) is 0.727. The van der Waals surface area contributed by atoms with Crippen LogP contribution in [0.3, 0.4) is 0 Å². The van der Waals surface area contributed by atoms with Crippen LogP contribution in [0.15, 0.2) is 0 Å². The van der Waals surface area contributed by atoms with Crippen molar-refractivity contribution in [3.05, 3.63) is 0 Å². The molecule has 3 N–H and O–H groups in total. The van der Waals surface area contributed by atoms with Gasteiger partial charge in [-0.2, -0.15) is 0 Å². The Kier molecular flexibility index (Phi) is 8.19. The van der Waals surface area contributed by atoms with E-state index in [1.807, 2.05) is 13.8 Å². The molecule has 0 fully saturated rings. The first-order valence-corrected chi connectivity index (χ1v) is 6.73. The number of aliphatic carboxylic acids is 2. The normalized spacial score (nSPS) is 12.2. The third kappa shape index (κ3) is 8.86. The number of thioether (sulfide) groups is 1. The van der Waals surface area contributed by atoms with Gasteiger partial charge in [0.15, 0.2) is 0 Å². The van der Waals surface area contributed by atoms with Gasteiger partial charge in [-0.1, -0.05) is 13.8 Å². The summed E-state index contributed by atoms with van der Waals surface area (Å²) in [5.74, 6) is -2.24. The Labute approximate surface area is 110 Å². The van der Waals surface area contributed by atoms with Crippen molar-refractivity contribution in [2.45, 2.75) is 44.4 Å². The van der Waals surface area contributed by atoms with Gasteiger partial charge in [0, 0.05) is 6.42 Å². The maximum atomic E-state index is 11.4. The summed E-state index contributed by atoms with van der Waals surface area (Å²) in [6.45, 7) is 3.89. The summed E-state index contributed by atoms with van der Waals surface area (Å²) in [4.78, 5) is 32.6. The first-order valence-electron chi connectivity index (χ1n) is 5.68. The van der Waals surface area contributed by atoms with E-state index in [-0.39, 0.29) is 30.9 Å². The monoisotopic (exact) mass is 277 g/mol. The molecule has 0 saturated heterocycles. The van der Waals surface area contributed by atoms with Gasteiger partial charge < -0.3 is 15.5 Å². The van der Waals surface area contributed by atoms with Crippen LogP contribution in [-0.2, 0) is 14.4 Å². The molecule has 0 heterocycles. The van der Waals surface area contributed by atoms with Gasteiger partial charge in [0.1, 0.15) is 6.04 Å². The Bertz CT molecular complexity index is 306. The number of carboxylic acid groups (broad SMARTS) is 2. The topological polar surface area (TPSA) is 104 Å². The summed E-state index contributed by atoms with van der Waals surface area (Å²) < 4.78 is 0. The quantitative estimate of drug-likeness (QED) is 0.580. The Morgan fingerprint density at radius 2 is 1.83 bits per heavy atom. The summed E-state index contributed by atoms with van der Waals surface area (Å²) in [5.41, 5.74) is 0. The molecule has 0 aliphatic carbocycles. The molecular formula is C11H19NO5S. The van der Waals surface area contributed by atoms with E-state index in [1.54, 1.807) is 0 Å². The van der Waals surface area contributed by atoms with E-state index in [4.69, 9.17) is 10.2 Å². The molecule has 0 aromatic heterocycles. The van der Waals surface area contributed by atoms with E-state index < -0.39 is 18.0 Å². The number of carbonyl (C=O) groups excluding carboxylic acids is 1. The highest BCUT2D eigenvalue weighted by atomic mass is 32.2. The Morgan fingerprint density at radius 1 is 1.22 bits per heavy atom. The van der Waals surface area contributed by atoms with Gasteiger partial charge >= 0.3 is 11.9 Å². The van der Waals surface area contributed by atoms with Crippen molar-refractivity contribution in [1.29, 1.82) is 0 Å². The van der Waals surface area contributed by atoms with Gasteiger partial charge in [-0.3, -0.25) is 9.59 Å². The van der Waals surface area contributed by atoms with E-state index in [1.165, 1.54) is 11.8 Å². The highest BCUT2D eigenvalue weighted by Gasteiger charge is 2.19. The highest BCUT2D eigenvalue weighted by Crippen LogP contribution is 2.08. The first-order chi connectivity index (χ1) is 8.32. The molecule has 0 aliphatic heterocycles. The molecule has 0 saturated carbocycles. The zero-order chi connectivity index (χ0) is 14.1. The van der Waals surface area contributed by atoms with Crippen LogP contribution in [0, 0.1) is 0 Å². The van der Waals surface area contributed by atoms with Crippen molar-refractivity contribution in [1.82, 2.24) is 5.32 Å². The van der Waals surface area contributed by atoms with Crippen LogP contribution in [0.5, 0.6) is 0 Å². The van der Waals surface area contributed by atoms with Crippen molar-refractivity contribution >= 4 is 29.6 Å². The summed E-state index contributed by atoms with van der Waals surface area (Å²) in [5, 5.41) is 20.0. The highest BCUT2D eigenvalue weighted by molar-refractivity contribution is 8.00. The maximum Gasteiger partial charge on any atom is 0.326 e. The Hall–Kier alpha value is -1.24. The van der Waals surface area contributed by atoms with E-state index in [0.717, 1.165) is 0 Å². The molecule has 0 aromatic rings. The minimum Gasteiger partial charge on any atom is -0.481 e. The zero-order valence-electron chi connectivity index (χ0n) is 10.5. The number of amides is 1. The van der Waals surface area contributed by atoms with Crippen molar-refractivity contribution < 1.29 is 24.6 Å². The van der Waals surface area contributed by atoms with Crippen LogP contribution in [0.25, 0.3) is 0 Å². The van der Waals surface area contributed by atoms with Crippen molar-refractivity contribution in [2.24, 2.45) is 0 Å². The average molecular weight is 277 g/mol. The van der Waals surface area contributed by atoms with Crippen molar-refractivity contribution in [3.63, 3.8) is 0 Å². The van der Waals surface area contributed by atoms with Gasteiger partial charge in [-0.05, 0) is 18.1 Å². The summed E-state index contributed by atoms with van der Waals surface area (Å²) in [7, 11) is 0. The Morgan fingerprint density at radius 3 is 2.28 bits per heavy atom. The lowest BCUT2D eigenvalue weighted by Gasteiger charge is -2.14. The number of hydrogen-bond donors (Lipinski definition) is 3. The van der Waals surface area contributed by atoms with Crippen LogP contribution in [-0.4, -0.2) is 45.1 Å². The molecule has 0 bridgehead atoms. The fourth-order valence-electron chi connectivity index (χ4n) is 1.19. The van der Waals surface area contributed by atoms with E-state index in [9.17, 15) is 14.4 Å². The number of nitrogens with one attached hydrogen (secondary N) is 1. The summed E-state index contributed by atoms with van der Waals surface area (Å²) >= 11 is 1.42. The van der Waals surface area contributed by atoms with Gasteiger partial charge in [-0.15, -0.1) is 11.8 Å². The molecular weight excluding hydrogens is 258 g/mol. The smallest absolute Gasteiger partial charge is 0.326 e. The number of hydrogen-bond acceptors (Lipinski definition) is 4. The van der Waals surface area contributed by atoms with E-state index in [2.05, 4.69) is 5.32 Å². The number of carboxylic acids is 2. The lowest BCUT2D eigenvalue weighted by atomic mass is 10.1. The molecule has 104 valence electrons. The standard InChI is InChI=1S/C11H19NO5S/c1-7(2)18-6-9(13)12-8(11(16)17)4-3-5-10(14)15/h7-8H,3-6H2,1-2H3,(H,12,13)(H,14,15)(H,16,17)/t8-/m1/s1. The maximum absolute atomic E-state index is 11.4. The second kappa shape index (κ2) is 8.79. The zero-order valence-corrected chi connectivity index (χ0v) is 11.3. The predicted molar refractivity (Wildman–Crippen MR) is 68.6 cm³/mol. The van der Waals surface area contributed by atoms with Crippen molar-refractivity contribution in [2.75, 3.05) is 5.75 Å². The summed E-state index contributed by atoms with van der Waals surface area (Å²) in [6, 6.07) is -1.01. The third-order valence-corrected chi connectivity index (χ3v) is 3.16. The molecule has 1 amide bonds. The molecule has 6 nitrogen and oxygen atoms in total. The van der Waals surface area contributed by atoms with Crippen LogP contribution < -0.4 is 5.32 Å². The molecule has 7 heteroatoms. The summed E-state index contributed by atoms with van der Waals surface area (Å²) in [6.07, 6.45) is 0.254. The van der Waals surface area contributed by atoms with Gasteiger partial charge in [0.2, 0.25) is 5.91 Å². The molecule has 0 unspecified atom stereocenters. The van der Waals surface area contributed by atoms with Gasteiger partial charge in [-0.25, -0.2) is 4.79 Å². The minimum atomic E-state index is -1.14. The van der Waals surface area contributed by atoms with Crippen LogP contribution >= 0.6 is 11.8 Å². The van der Waals surface area contributed by atoms with Gasteiger partial charge in [0.05, 0.1) is 5.75 Å². The van der Waals surface area contributed by atoms with Crippen LogP contribution in [0.2, 0.25) is 0 Å². The molecule has 0 aliphatic rings. The van der Waals surface area contributed by atoms with Crippen molar-refractivity contribution in [3.8, 4) is 0 Å². The molecule has 18 heavy (non-hydrogen) atoms. The Balaban J connectivity index is 4.06. The van der Waals surface area contributed by atoms with Crippen LogP contribution in [0.1, 0.15) is 33.1 Å². The number of rotatable bonds is 9. The van der Waals surface area contributed by atoms with Crippen LogP contribution in [0.4, 0.5) is 0 Å². The van der Waals surface area contributed by atoms with E-state index >= 15 is 0 Å². The lowest BCUT2D eigenvalue weighted by molar-refractivity contribution is -0.142. The molecule has 0 radical (unpaired) electrons. The lowest BCUT2D eigenvalue weighted by Crippen LogP contribution is -2.41. The minimum absolute atomic E-state index is 0.0968. The SMILES string of the molecule is CC(C)SCC(=O)N[C@H](CCCC(=O)O)C(=O)O. The molecule has 0 rings (SSSR count). The first kappa shape index (κ1) is 16.8. The van der Waals surface area contributed by atoms with E-state index in [0.29, 0.717) is 5.25 Å².